The highest BCUT2D eigenvalue weighted by Gasteiger charge is 2.15. The first-order valence-corrected chi connectivity index (χ1v) is 9.32. The van der Waals surface area contributed by atoms with Crippen molar-refractivity contribution in [1.29, 1.82) is 0 Å². The molecule has 0 bridgehead atoms. The van der Waals surface area contributed by atoms with E-state index < -0.39 is 5.56 Å². The monoisotopic (exact) mass is 406 g/mol. The van der Waals surface area contributed by atoms with Crippen LogP contribution in [-0.4, -0.2) is 30.5 Å². The van der Waals surface area contributed by atoms with Crippen molar-refractivity contribution in [2.75, 3.05) is 5.32 Å². The van der Waals surface area contributed by atoms with Crippen molar-refractivity contribution in [3.8, 4) is 0 Å². The maximum absolute atomic E-state index is 13.9. The Kier molecular flexibility index (Phi) is 5.09. The Bertz CT molecular complexity index is 1310. The number of hydrogen-bond donors (Lipinski definition) is 1. The first-order chi connectivity index (χ1) is 14.4. The van der Waals surface area contributed by atoms with Gasteiger partial charge >= 0.3 is 0 Å². The number of amides is 1. The minimum absolute atomic E-state index is 0.0216. The number of carbonyl (C=O) groups excluding carboxylic acids is 1. The molecule has 4 rings (SSSR count). The minimum atomic E-state index is -0.490. The van der Waals surface area contributed by atoms with Crippen LogP contribution in [0.3, 0.4) is 0 Å². The van der Waals surface area contributed by atoms with Crippen LogP contribution in [0, 0.1) is 19.7 Å². The van der Waals surface area contributed by atoms with E-state index in [0.717, 1.165) is 11.1 Å². The molecule has 30 heavy (non-hydrogen) atoms. The highest BCUT2D eigenvalue weighted by atomic mass is 19.1. The predicted octanol–water partition coefficient (Wildman–Crippen LogP) is 2.43. The van der Waals surface area contributed by atoms with Gasteiger partial charge < -0.3 is 5.32 Å². The number of carbonyl (C=O) groups is 1. The number of aromatic nitrogens is 5. The van der Waals surface area contributed by atoms with Crippen LogP contribution in [0.4, 0.5) is 10.1 Å². The quantitative estimate of drug-likeness (QED) is 0.549. The summed E-state index contributed by atoms with van der Waals surface area (Å²) in [5.74, 6) is -0.733. The lowest BCUT2D eigenvalue weighted by atomic mass is 10.1. The number of anilines is 1. The highest BCUT2D eigenvalue weighted by Crippen LogP contribution is 2.18. The fraction of sp³-hybridized carbons (Fsp3) is 0.190. The normalized spacial score (nSPS) is 11.0. The minimum Gasteiger partial charge on any atom is -0.324 e. The maximum Gasteiger partial charge on any atom is 0.283 e. The van der Waals surface area contributed by atoms with Gasteiger partial charge in [-0.1, -0.05) is 35.5 Å². The third kappa shape index (κ3) is 3.69. The molecule has 152 valence electrons. The van der Waals surface area contributed by atoms with Crippen molar-refractivity contribution < 1.29 is 9.18 Å². The van der Waals surface area contributed by atoms with Crippen LogP contribution in [0.15, 0.2) is 53.6 Å². The molecule has 1 amide bonds. The molecule has 0 radical (unpaired) electrons. The van der Waals surface area contributed by atoms with Gasteiger partial charge in [0.2, 0.25) is 5.91 Å². The van der Waals surface area contributed by atoms with E-state index in [1.807, 2.05) is 26.0 Å². The van der Waals surface area contributed by atoms with Gasteiger partial charge in [-0.25, -0.2) is 14.1 Å². The Morgan fingerprint density at radius 1 is 1.13 bits per heavy atom. The third-order valence-corrected chi connectivity index (χ3v) is 4.96. The summed E-state index contributed by atoms with van der Waals surface area (Å²) in [6, 6.07) is 11.9. The summed E-state index contributed by atoms with van der Waals surface area (Å²) in [5, 5.41) is 10.6. The van der Waals surface area contributed by atoms with E-state index in [9.17, 15) is 14.0 Å². The molecule has 2 heterocycles. The summed E-state index contributed by atoms with van der Waals surface area (Å²) < 4.78 is 16.4. The van der Waals surface area contributed by atoms with E-state index in [1.165, 1.54) is 21.6 Å². The van der Waals surface area contributed by atoms with Crippen LogP contribution in [0.5, 0.6) is 0 Å². The zero-order valence-electron chi connectivity index (χ0n) is 16.5. The molecule has 0 saturated heterocycles. The Labute approximate surface area is 171 Å². The molecule has 8 nitrogen and oxygen atoms in total. The number of rotatable bonds is 5. The van der Waals surface area contributed by atoms with Gasteiger partial charge in [-0.15, -0.1) is 5.10 Å². The lowest BCUT2D eigenvalue weighted by Gasteiger charge is -2.11. The molecule has 0 aliphatic heterocycles. The molecule has 0 spiro atoms. The zero-order valence-corrected chi connectivity index (χ0v) is 16.5. The number of nitrogens with zero attached hydrogens (tertiary/aromatic N) is 5. The number of benzene rings is 2. The third-order valence-electron chi connectivity index (χ3n) is 4.96. The number of hydrogen-bond acceptors (Lipinski definition) is 5. The van der Waals surface area contributed by atoms with Gasteiger partial charge in [0, 0.05) is 11.3 Å². The summed E-state index contributed by atoms with van der Waals surface area (Å²) in [6.45, 7) is 3.75. The lowest BCUT2D eigenvalue weighted by Crippen LogP contribution is -2.28. The van der Waals surface area contributed by atoms with Crippen molar-refractivity contribution >= 4 is 22.8 Å². The molecule has 0 saturated carbocycles. The topological polar surface area (TPSA) is 94.7 Å². The standard InChI is InChI=1S/C21H19FN6O2/c1-13-6-5-9-17(14(13)2)24-18(29)11-27-12-23-20-19(21(27)30)25-26-28(20)10-15-7-3-4-8-16(15)22/h3-9,12H,10-11H2,1-2H3,(H,24,29). The summed E-state index contributed by atoms with van der Waals surface area (Å²) in [6.07, 6.45) is 1.27. The predicted molar refractivity (Wildman–Crippen MR) is 110 cm³/mol. The van der Waals surface area contributed by atoms with E-state index in [0.29, 0.717) is 11.3 Å². The second-order valence-electron chi connectivity index (χ2n) is 6.98. The van der Waals surface area contributed by atoms with Crippen molar-refractivity contribution in [1.82, 2.24) is 24.5 Å². The van der Waals surface area contributed by atoms with Crippen LogP contribution in [0.25, 0.3) is 11.2 Å². The SMILES string of the molecule is Cc1cccc(NC(=O)Cn2cnc3c(nnn3Cc3ccccc3F)c2=O)c1C. The number of aryl methyl sites for hydroxylation is 1. The summed E-state index contributed by atoms with van der Waals surface area (Å²) >= 11 is 0. The highest BCUT2D eigenvalue weighted by molar-refractivity contribution is 5.91. The van der Waals surface area contributed by atoms with Gasteiger partial charge in [-0.3, -0.25) is 14.2 Å². The number of halogens is 1. The molecule has 1 N–H and O–H groups in total. The Hall–Kier alpha value is -3.88. The second-order valence-corrected chi connectivity index (χ2v) is 6.98. The first-order valence-electron chi connectivity index (χ1n) is 9.32. The molecular weight excluding hydrogens is 387 g/mol. The van der Waals surface area contributed by atoms with Gasteiger partial charge in [0.25, 0.3) is 5.56 Å². The second kappa shape index (κ2) is 7.86. The van der Waals surface area contributed by atoms with E-state index in [2.05, 4.69) is 20.6 Å². The average Bonchev–Trinajstić information content (AvgIpc) is 3.13. The summed E-state index contributed by atoms with van der Waals surface area (Å²) in [5.41, 5.74) is 2.88. The molecule has 9 heteroatoms. The first kappa shape index (κ1) is 19.4. The Balaban J connectivity index is 1.57. The van der Waals surface area contributed by atoms with E-state index in [4.69, 9.17) is 0 Å². The van der Waals surface area contributed by atoms with Crippen LogP contribution in [0.2, 0.25) is 0 Å². The molecule has 0 unspecified atom stereocenters. The van der Waals surface area contributed by atoms with Crippen molar-refractivity contribution in [2.45, 2.75) is 26.9 Å². The largest absolute Gasteiger partial charge is 0.324 e. The molecule has 0 aliphatic carbocycles. The van der Waals surface area contributed by atoms with Crippen LogP contribution in [-0.2, 0) is 17.9 Å². The smallest absolute Gasteiger partial charge is 0.283 e. The molecule has 0 aliphatic rings. The van der Waals surface area contributed by atoms with E-state index in [-0.39, 0.29) is 36.0 Å². The van der Waals surface area contributed by atoms with Crippen LogP contribution >= 0.6 is 0 Å². The summed E-state index contributed by atoms with van der Waals surface area (Å²) in [4.78, 5) is 29.4. The Morgan fingerprint density at radius 3 is 2.73 bits per heavy atom. The summed E-state index contributed by atoms with van der Waals surface area (Å²) in [7, 11) is 0. The molecule has 0 fully saturated rings. The molecule has 2 aromatic heterocycles. The molecule has 2 aromatic carbocycles. The van der Waals surface area contributed by atoms with Gasteiger partial charge in [0.15, 0.2) is 11.2 Å². The lowest BCUT2D eigenvalue weighted by molar-refractivity contribution is -0.116. The van der Waals surface area contributed by atoms with Crippen LogP contribution < -0.4 is 10.9 Å². The van der Waals surface area contributed by atoms with Gasteiger partial charge in [-0.2, -0.15) is 0 Å². The number of fused-ring (bicyclic) bond motifs is 1. The number of nitrogens with one attached hydrogen (secondary N) is 1. The molecule has 0 atom stereocenters. The van der Waals surface area contributed by atoms with Crippen LogP contribution in [0.1, 0.15) is 16.7 Å². The molecule has 4 aromatic rings. The zero-order chi connectivity index (χ0) is 21.3. The average molecular weight is 406 g/mol. The fourth-order valence-corrected chi connectivity index (χ4v) is 3.13. The Morgan fingerprint density at radius 2 is 1.93 bits per heavy atom. The maximum atomic E-state index is 13.9. The molecular formula is C21H19FN6O2. The van der Waals surface area contributed by atoms with E-state index >= 15 is 0 Å². The van der Waals surface area contributed by atoms with Gasteiger partial charge in [0.05, 0.1) is 6.54 Å². The van der Waals surface area contributed by atoms with Gasteiger partial charge in [-0.05, 0) is 37.1 Å². The van der Waals surface area contributed by atoms with Crippen molar-refractivity contribution in [2.24, 2.45) is 0 Å². The van der Waals surface area contributed by atoms with Gasteiger partial charge in [0.1, 0.15) is 18.7 Å². The van der Waals surface area contributed by atoms with Crippen molar-refractivity contribution in [3.05, 3.63) is 81.7 Å². The fourth-order valence-electron chi connectivity index (χ4n) is 3.13. The van der Waals surface area contributed by atoms with Crippen molar-refractivity contribution in [3.63, 3.8) is 0 Å². The van der Waals surface area contributed by atoms with E-state index in [1.54, 1.807) is 24.3 Å².